The molecule has 112 valence electrons. The molecule has 0 saturated heterocycles. The predicted molar refractivity (Wildman–Crippen MR) is 85.4 cm³/mol. The number of hydrogen-bond acceptors (Lipinski definition) is 3. The van der Waals surface area contributed by atoms with Crippen LogP contribution in [0.5, 0.6) is 0 Å². The first-order valence-corrected chi connectivity index (χ1v) is 8.00. The number of nitrogens with zero attached hydrogens (tertiary/aromatic N) is 3. The Hall–Kier alpha value is -1.84. The molecule has 1 aliphatic rings. The lowest BCUT2D eigenvalue weighted by atomic mass is 10.1. The number of aryl methyl sites for hydroxylation is 2. The van der Waals surface area contributed by atoms with Gasteiger partial charge in [-0.25, -0.2) is 4.98 Å². The quantitative estimate of drug-likeness (QED) is 0.906. The van der Waals surface area contributed by atoms with Crippen molar-refractivity contribution in [3.8, 4) is 0 Å². The minimum atomic E-state index is 0.614. The monoisotopic (exact) mass is 284 g/mol. The van der Waals surface area contributed by atoms with Gasteiger partial charge in [-0.15, -0.1) is 0 Å². The highest BCUT2D eigenvalue weighted by Gasteiger charge is 2.20. The maximum atomic E-state index is 4.65. The molecule has 2 heterocycles. The first-order valence-electron chi connectivity index (χ1n) is 8.00. The lowest BCUT2D eigenvalue weighted by Gasteiger charge is -2.16. The molecule has 0 aliphatic heterocycles. The zero-order chi connectivity index (χ0) is 14.7. The number of hydrogen-bond donors (Lipinski definition) is 1. The molecule has 1 saturated carbocycles. The van der Waals surface area contributed by atoms with Gasteiger partial charge in [0.2, 0.25) is 5.95 Å². The lowest BCUT2D eigenvalue weighted by molar-refractivity contribution is 0.522. The first kappa shape index (κ1) is 14.1. The summed E-state index contributed by atoms with van der Waals surface area (Å²) in [6.07, 6.45) is 10.3. The van der Waals surface area contributed by atoms with Crippen molar-refractivity contribution < 1.29 is 0 Å². The highest BCUT2D eigenvalue weighted by molar-refractivity contribution is 5.32. The van der Waals surface area contributed by atoms with Gasteiger partial charge in [-0.3, -0.25) is 4.98 Å². The van der Waals surface area contributed by atoms with E-state index in [9.17, 15) is 0 Å². The molecule has 21 heavy (non-hydrogen) atoms. The van der Waals surface area contributed by atoms with E-state index in [1.807, 2.05) is 12.3 Å². The van der Waals surface area contributed by atoms with Gasteiger partial charge >= 0.3 is 0 Å². The van der Waals surface area contributed by atoms with E-state index in [1.54, 1.807) is 0 Å². The molecule has 1 aliphatic carbocycles. The Balaban J connectivity index is 1.75. The third-order valence-electron chi connectivity index (χ3n) is 4.35. The van der Waals surface area contributed by atoms with Crippen LogP contribution in [0.3, 0.4) is 0 Å². The van der Waals surface area contributed by atoms with E-state index in [0.29, 0.717) is 6.04 Å². The van der Waals surface area contributed by atoms with E-state index < -0.39 is 0 Å². The van der Waals surface area contributed by atoms with Gasteiger partial charge < -0.3 is 9.88 Å². The van der Waals surface area contributed by atoms with E-state index in [0.717, 1.165) is 30.3 Å². The number of nitrogens with one attached hydrogen (secondary N) is 1. The molecule has 0 amide bonds. The van der Waals surface area contributed by atoms with Crippen molar-refractivity contribution in [3.63, 3.8) is 0 Å². The molecule has 0 radical (unpaired) electrons. The van der Waals surface area contributed by atoms with Crippen LogP contribution < -0.4 is 5.32 Å². The average Bonchev–Trinajstić information content (AvgIpc) is 3.14. The Morgan fingerprint density at radius 3 is 2.90 bits per heavy atom. The summed E-state index contributed by atoms with van der Waals surface area (Å²) < 4.78 is 2.33. The highest BCUT2D eigenvalue weighted by atomic mass is 15.2. The van der Waals surface area contributed by atoms with Crippen molar-refractivity contribution in [1.29, 1.82) is 0 Å². The molecule has 4 heteroatoms. The molecular formula is C17H24N4. The summed E-state index contributed by atoms with van der Waals surface area (Å²) in [5.74, 6) is 0.993. The second kappa shape index (κ2) is 6.29. The van der Waals surface area contributed by atoms with Crippen LogP contribution in [0.4, 0.5) is 5.95 Å². The van der Waals surface area contributed by atoms with Gasteiger partial charge in [-0.1, -0.05) is 25.8 Å². The second-order valence-corrected chi connectivity index (χ2v) is 5.87. The summed E-state index contributed by atoms with van der Waals surface area (Å²) in [4.78, 5) is 9.15. The Labute approximate surface area is 126 Å². The Morgan fingerprint density at radius 2 is 2.14 bits per heavy atom. The van der Waals surface area contributed by atoms with Gasteiger partial charge in [-0.05, 0) is 37.8 Å². The largest absolute Gasteiger partial charge is 0.350 e. The van der Waals surface area contributed by atoms with Crippen LogP contribution in [0, 0.1) is 6.92 Å². The van der Waals surface area contributed by atoms with Gasteiger partial charge in [0.25, 0.3) is 0 Å². The minimum absolute atomic E-state index is 0.614. The average molecular weight is 284 g/mol. The lowest BCUT2D eigenvalue weighted by Crippen LogP contribution is -2.12. The Bertz CT molecular complexity index is 597. The van der Waals surface area contributed by atoms with Crippen LogP contribution in [0.1, 0.15) is 55.6 Å². The van der Waals surface area contributed by atoms with Crippen LogP contribution in [-0.2, 0) is 13.0 Å². The summed E-state index contributed by atoms with van der Waals surface area (Å²) in [7, 11) is 0. The number of imidazole rings is 1. The number of aromatic nitrogens is 3. The number of rotatable bonds is 5. The minimum Gasteiger partial charge on any atom is -0.350 e. The zero-order valence-electron chi connectivity index (χ0n) is 13.0. The summed E-state index contributed by atoms with van der Waals surface area (Å²) in [5.41, 5.74) is 3.51. The van der Waals surface area contributed by atoms with Gasteiger partial charge in [-0.2, -0.15) is 0 Å². The maximum absolute atomic E-state index is 4.65. The van der Waals surface area contributed by atoms with E-state index in [-0.39, 0.29) is 0 Å². The highest BCUT2D eigenvalue weighted by Crippen LogP contribution is 2.32. The molecule has 0 atom stereocenters. The molecule has 0 unspecified atom stereocenters. The third-order valence-corrected chi connectivity index (χ3v) is 4.35. The van der Waals surface area contributed by atoms with Gasteiger partial charge in [0.05, 0.1) is 17.9 Å². The van der Waals surface area contributed by atoms with Crippen molar-refractivity contribution in [1.82, 2.24) is 14.5 Å². The van der Waals surface area contributed by atoms with E-state index >= 15 is 0 Å². The predicted octanol–water partition coefficient (Wildman–Crippen LogP) is 3.88. The fraction of sp³-hybridized carbons (Fsp3) is 0.529. The molecule has 4 nitrogen and oxygen atoms in total. The molecule has 0 aromatic carbocycles. The van der Waals surface area contributed by atoms with Gasteiger partial charge in [0.15, 0.2) is 0 Å². The molecular weight excluding hydrogens is 260 g/mol. The van der Waals surface area contributed by atoms with Gasteiger partial charge in [0.1, 0.15) is 0 Å². The van der Waals surface area contributed by atoms with Gasteiger partial charge in [0, 0.05) is 18.4 Å². The summed E-state index contributed by atoms with van der Waals surface area (Å²) in [6, 6.07) is 4.77. The van der Waals surface area contributed by atoms with Crippen molar-refractivity contribution in [3.05, 3.63) is 41.5 Å². The van der Waals surface area contributed by atoms with Crippen molar-refractivity contribution in [2.45, 2.75) is 58.5 Å². The normalized spacial score (nSPS) is 15.5. The van der Waals surface area contributed by atoms with Crippen LogP contribution >= 0.6 is 0 Å². The molecule has 2 aromatic rings. The van der Waals surface area contributed by atoms with E-state index in [2.05, 4.69) is 46.0 Å². The van der Waals surface area contributed by atoms with Crippen molar-refractivity contribution in [2.24, 2.45) is 0 Å². The molecule has 0 spiro atoms. The fourth-order valence-corrected chi connectivity index (χ4v) is 3.22. The Morgan fingerprint density at radius 1 is 1.33 bits per heavy atom. The molecule has 3 rings (SSSR count). The molecule has 0 bridgehead atoms. The van der Waals surface area contributed by atoms with Crippen LogP contribution in [0.2, 0.25) is 0 Å². The van der Waals surface area contributed by atoms with Crippen molar-refractivity contribution in [2.75, 3.05) is 5.32 Å². The Kier molecular flexibility index (Phi) is 4.23. The molecule has 1 fully saturated rings. The standard InChI is InChI=1S/C17H24N4/c1-3-14-7-6-10-18-16(14)11-19-17-20-13(2)12-21(17)15-8-4-5-9-15/h6-7,10,12,15H,3-5,8-9,11H2,1-2H3,(H,19,20). The number of pyridine rings is 1. The first-order chi connectivity index (χ1) is 10.3. The SMILES string of the molecule is CCc1cccnc1CNc1nc(C)cn1C1CCCC1. The van der Waals surface area contributed by atoms with E-state index in [4.69, 9.17) is 0 Å². The van der Waals surface area contributed by atoms with E-state index in [1.165, 1.54) is 31.2 Å². The topological polar surface area (TPSA) is 42.7 Å². The second-order valence-electron chi connectivity index (χ2n) is 5.87. The maximum Gasteiger partial charge on any atom is 0.203 e. The molecule has 2 aromatic heterocycles. The fourth-order valence-electron chi connectivity index (χ4n) is 3.22. The van der Waals surface area contributed by atoms with Crippen LogP contribution in [0.15, 0.2) is 24.5 Å². The summed E-state index contributed by atoms with van der Waals surface area (Å²) in [6.45, 7) is 4.98. The third kappa shape index (κ3) is 3.09. The summed E-state index contributed by atoms with van der Waals surface area (Å²) in [5, 5.41) is 3.49. The van der Waals surface area contributed by atoms with Crippen LogP contribution in [-0.4, -0.2) is 14.5 Å². The van der Waals surface area contributed by atoms with Crippen LogP contribution in [0.25, 0.3) is 0 Å². The molecule has 1 N–H and O–H groups in total. The number of anilines is 1. The zero-order valence-corrected chi connectivity index (χ0v) is 13.0. The smallest absolute Gasteiger partial charge is 0.203 e. The van der Waals surface area contributed by atoms with Crippen molar-refractivity contribution >= 4 is 5.95 Å². The summed E-state index contributed by atoms with van der Waals surface area (Å²) >= 11 is 0.